The van der Waals surface area contributed by atoms with E-state index in [1.54, 1.807) is 18.4 Å². The highest BCUT2D eigenvalue weighted by Crippen LogP contribution is 2.30. The first-order chi connectivity index (χ1) is 9.24. The van der Waals surface area contributed by atoms with Crippen LogP contribution in [-0.4, -0.2) is 5.11 Å². The minimum absolute atomic E-state index is 0.296. The zero-order valence-electron chi connectivity index (χ0n) is 10.9. The third-order valence-corrected chi connectivity index (χ3v) is 3.46. The predicted molar refractivity (Wildman–Crippen MR) is 76.5 cm³/mol. The molecule has 0 spiro atoms. The Hall–Kier alpha value is -2.22. The number of aryl methyl sites for hydroxylation is 3. The van der Waals surface area contributed by atoms with Crippen LogP contribution in [0, 0.1) is 6.92 Å². The van der Waals surface area contributed by atoms with E-state index >= 15 is 0 Å². The van der Waals surface area contributed by atoms with Crippen molar-refractivity contribution in [1.82, 2.24) is 0 Å². The molecule has 0 saturated heterocycles. The average molecular weight is 252 g/mol. The molecule has 2 nitrogen and oxygen atoms in total. The van der Waals surface area contributed by atoms with Gasteiger partial charge in [-0.1, -0.05) is 35.9 Å². The monoisotopic (exact) mass is 252 g/mol. The van der Waals surface area contributed by atoms with E-state index in [0.717, 1.165) is 29.4 Å². The molecular weight excluding hydrogens is 236 g/mol. The molecule has 0 fully saturated rings. The highest BCUT2D eigenvalue weighted by atomic mass is 16.3. The molecular formula is C17H16O2. The molecule has 96 valence electrons. The van der Waals surface area contributed by atoms with Crippen LogP contribution in [0.15, 0.2) is 53.1 Å². The van der Waals surface area contributed by atoms with Crippen LogP contribution in [0.2, 0.25) is 0 Å². The Morgan fingerprint density at radius 1 is 1.00 bits per heavy atom. The van der Waals surface area contributed by atoms with E-state index in [2.05, 4.69) is 31.2 Å². The van der Waals surface area contributed by atoms with Crippen LogP contribution < -0.4 is 0 Å². The van der Waals surface area contributed by atoms with Crippen LogP contribution in [-0.2, 0) is 12.8 Å². The zero-order chi connectivity index (χ0) is 13.2. The van der Waals surface area contributed by atoms with Crippen molar-refractivity contribution >= 4 is 11.0 Å². The molecule has 0 unspecified atom stereocenters. The molecule has 19 heavy (non-hydrogen) atoms. The van der Waals surface area contributed by atoms with E-state index < -0.39 is 0 Å². The smallest absolute Gasteiger partial charge is 0.137 e. The van der Waals surface area contributed by atoms with Gasteiger partial charge in [-0.25, -0.2) is 0 Å². The molecule has 3 rings (SSSR count). The molecule has 0 atom stereocenters. The van der Waals surface area contributed by atoms with E-state index in [1.807, 2.05) is 6.07 Å². The van der Waals surface area contributed by atoms with Gasteiger partial charge in [-0.15, -0.1) is 0 Å². The van der Waals surface area contributed by atoms with Crippen LogP contribution in [0.3, 0.4) is 0 Å². The van der Waals surface area contributed by atoms with Crippen molar-refractivity contribution in [3.63, 3.8) is 0 Å². The summed E-state index contributed by atoms with van der Waals surface area (Å²) in [5, 5.41) is 10.8. The van der Waals surface area contributed by atoms with Crippen LogP contribution in [0.5, 0.6) is 5.75 Å². The lowest BCUT2D eigenvalue weighted by molar-refractivity contribution is 0.481. The fraction of sp³-hybridized carbons (Fsp3) is 0.176. The fourth-order valence-electron chi connectivity index (χ4n) is 2.35. The number of rotatable bonds is 3. The molecule has 1 heterocycles. The number of hydrogen-bond acceptors (Lipinski definition) is 2. The predicted octanol–water partition coefficient (Wildman–Crippen LogP) is 4.23. The van der Waals surface area contributed by atoms with Gasteiger partial charge in [0, 0.05) is 5.56 Å². The molecule has 0 amide bonds. The highest BCUT2D eigenvalue weighted by Gasteiger charge is 2.09. The summed E-state index contributed by atoms with van der Waals surface area (Å²) in [6, 6.07) is 13.9. The van der Waals surface area contributed by atoms with Crippen molar-refractivity contribution < 1.29 is 9.52 Å². The van der Waals surface area contributed by atoms with Gasteiger partial charge in [0.25, 0.3) is 0 Å². The third kappa shape index (κ3) is 2.34. The zero-order valence-corrected chi connectivity index (χ0v) is 10.9. The van der Waals surface area contributed by atoms with Crippen molar-refractivity contribution in [1.29, 1.82) is 0 Å². The summed E-state index contributed by atoms with van der Waals surface area (Å²) in [5.74, 6) is 0.296. The van der Waals surface area contributed by atoms with Crippen molar-refractivity contribution in [2.75, 3.05) is 0 Å². The Morgan fingerprint density at radius 2 is 1.79 bits per heavy atom. The first-order valence-electron chi connectivity index (χ1n) is 6.47. The van der Waals surface area contributed by atoms with Gasteiger partial charge < -0.3 is 9.52 Å². The largest absolute Gasteiger partial charge is 0.507 e. The molecule has 0 radical (unpaired) electrons. The highest BCUT2D eigenvalue weighted by molar-refractivity contribution is 5.87. The number of phenolic OH excluding ortho intramolecular Hbond substituents is 1. The maximum atomic E-state index is 9.91. The number of phenols is 1. The second-order valence-electron chi connectivity index (χ2n) is 4.90. The standard InChI is InChI=1S/C17H16O2/c1-12-5-7-13(8-6-12)9-10-14-11-19-16-4-2-3-15(18)17(14)16/h2-8,11,18H,9-10H2,1H3. The van der Waals surface area contributed by atoms with Gasteiger partial charge in [-0.3, -0.25) is 0 Å². The molecule has 2 heteroatoms. The first-order valence-corrected chi connectivity index (χ1v) is 6.47. The normalized spacial score (nSPS) is 11.0. The molecule has 2 aromatic carbocycles. The average Bonchev–Trinajstić information content (AvgIpc) is 2.83. The Labute approximate surface area is 112 Å². The quantitative estimate of drug-likeness (QED) is 0.756. The summed E-state index contributed by atoms with van der Waals surface area (Å²) >= 11 is 0. The number of benzene rings is 2. The Balaban J connectivity index is 1.84. The minimum Gasteiger partial charge on any atom is -0.507 e. The van der Waals surface area contributed by atoms with Crippen molar-refractivity contribution in [2.24, 2.45) is 0 Å². The van der Waals surface area contributed by atoms with Gasteiger partial charge in [0.15, 0.2) is 0 Å². The second kappa shape index (κ2) is 4.81. The molecule has 1 N–H and O–H groups in total. The molecule has 0 aliphatic carbocycles. The van der Waals surface area contributed by atoms with Crippen LogP contribution in [0.25, 0.3) is 11.0 Å². The van der Waals surface area contributed by atoms with Crippen molar-refractivity contribution in [3.05, 3.63) is 65.4 Å². The first kappa shape index (κ1) is 11.8. The summed E-state index contributed by atoms with van der Waals surface area (Å²) in [6.07, 6.45) is 3.56. The number of furan rings is 1. The van der Waals surface area contributed by atoms with E-state index in [-0.39, 0.29) is 0 Å². The van der Waals surface area contributed by atoms with Crippen LogP contribution in [0.1, 0.15) is 16.7 Å². The van der Waals surface area contributed by atoms with Gasteiger partial charge in [-0.2, -0.15) is 0 Å². The maximum Gasteiger partial charge on any atom is 0.137 e. The summed E-state index contributed by atoms with van der Waals surface area (Å²) in [7, 11) is 0. The maximum absolute atomic E-state index is 9.91. The van der Waals surface area contributed by atoms with E-state index in [4.69, 9.17) is 4.42 Å². The molecule has 0 bridgehead atoms. The topological polar surface area (TPSA) is 33.4 Å². The van der Waals surface area contributed by atoms with Gasteiger partial charge in [0.1, 0.15) is 11.3 Å². The SMILES string of the molecule is Cc1ccc(CCc2coc3cccc(O)c23)cc1. The van der Waals surface area contributed by atoms with Crippen molar-refractivity contribution in [3.8, 4) is 5.75 Å². The lowest BCUT2D eigenvalue weighted by Gasteiger charge is -2.02. The van der Waals surface area contributed by atoms with E-state index in [0.29, 0.717) is 5.75 Å². The van der Waals surface area contributed by atoms with Crippen molar-refractivity contribution in [2.45, 2.75) is 19.8 Å². The number of fused-ring (bicyclic) bond motifs is 1. The lowest BCUT2D eigenvalue weighted by atomic mass is 10.0. The molecule has 0 saturated carbocycles. The van der Waals surface area contributed by atoms with Gasteiger partial charge >= 0.3 is 0 Å². The van der Waals surface area contributed by atoms with Gasteiger partial charge in [-0.05, 0) is 37.5 Å². The van der Waals surface area contributed by atoms with E-state index in [1.165, 1.54) is 11.1 Å². The summed E-state index contributed by atoms with van der Waals surface area (Å²) < 4.78 is 5.48. The minimum atomic E-state index is 0.296. The van der Waals surface area contributed by atoms with Gasteiger partial charge in [0.05, 0.1) is 11.6 Å². The lowest BCUT2D eigenvalue weighted by Crippen LogP contribution is -1.90. The summed E-state index contributed by atoms with van der Waals surface area (Å²) in [6.45, 7) is 2.09. The third-order valence-electron chi connectivity index (χ3n) is 3.46. The molecule has 3 aromatic rings. The Bertz CT molecular complexity index is 693. The Morgan fingerprint density at radius 3 is 2.58 bits per heavy atom. The van der Waals surface area contributed by atoms with Crippen LogP contribution in [0.4, 0.5) is 0 Å². The molecule has 0 aliphatic heterocycles. The fourth-order valence-corrected chi connectivity index (χ4v) is 2.35. The summed E-state index contributed by atoms with van der Waals surface area (Å²) in [5.41, 5.74) is 4.39. The van der Waals surface area contributed by atoms with Crippen LogP contribution >= 0.6 is 0 Å². The van der Waals surface area contributed by atoms with E-state index in [9.17, 15) is 5.11 Å². The molecule has 1 aromatic heterocycles. The second-order valence-corrected chi connectivity index (χ2v) is 4.90. The number of hydrogen-bond donors (Lipinski definition) is 1. The number of aromatic hydroxyl groups is 1. The summed E-state index contributed by atoms with van der Waals surface area (Å²) in [4.78, 5) is 0. The van der Waals surface area contributed by atoms with Gasteiger partial charge in [0.2, 0.25) is 0 Å². The molecule has 0 aliphatic rings. The Kier molecular flexibility index (Phi) is 3.00.